The molecule has 0 aliphatic carbocycles. The summed E-state index contributed by atoms with van der Waals surface area (Å²) >= 11 is 0. The van der Waals surface area contributed by atoms with E-state index in [2.05, 4.69) is 19.2 Å². The van der Waals surface area contributed by atoms with E-state index in [-0.39, 0.29) is 17.9 Å². The van der Waals surface area contributed by atoms with E-state index < -0.39 is 0 Å². The topological polar surface area (TPSA) is 73.6 Å². The molecule has 0 saturated carbocycles. The van der Waals surface area contributed by atoms with Crippen LogP contribution in [0, 0.1) is 5.92 Å². The molecule has 0 fully saturated rings. The number of carbonyl (C=O) groups is 1. The highest BCUT2D eigenvalue weighted by Crippen LogP contribution is 2.34. The van der Waals surface area contributed by atoms with E-state index in [0.29, 0.717) is 24.5 Å². The van der Waals surface area contributed by atoms with Crippen LogP contribution in [-0.2, 0) is 0 Å². The van der Waals surface area contributed by atoms with E-state index in [9.17, 15) is 4.79 Å². The summed E-state index contributed by atoms with van der Waals surface area (Å²) in [6.45, 7) is 5.24. The fourth-order valence-electron chi connectivity index (χ4n) is 2.79. The van der Waals surface area contributed by atoms with Gasteiger partial charge in [-0.25, -0.2) is 0 Å². The minimum absolute atomic E-state index is 0.130. The van der Waals surface area contributed by atoms with Gasteiger partial charge in [0, 0.05) is 11.3 Å². The zero-order chi connectivity index (χ0) is 17.1. The lowest BCUT2D eigenvalue weighted by Crippen LogP contribution is -2.32. The van der Waals surface area contributed by atoms with Crippen molar-refractivity contribution in [3.8, 4) is 11.5 Å². The fourth-order valence-corrected chi connectivity index (χ4v) is 2.79. The van der Waals surface area contributed by atoms with Crippen molar-refractivity contribution in [2.45, 2.75) is 19.9 Å². The maximum atomic E-state index is 12.6. The van der Waals surface area contributed by atoms with Crippen LogP contribution in [0.5, 0.6) is 11.5 Å². The Morgan fingerprint density at radius 3 is 2.54 bits per heavy atom. The molecular weight excluding hydrogens is 304 g/mol. The number of nitrogens with two attached hydrogens (primary N) is 1. The van der Waals surface area contributed by atoms with Crippen LogP contribution >= 0.6 is 0 Å². The second kappa shape index (κ2) is 6.83. The molecule has 0 radical (unpaired) electrons. The van der Waals surface area contributed by atoms with Gasteiger partial charge in [0.2, 0.25) is 0 Å². The standard InChI is InChI=1S/C19H22N2O3/c1-12(2)18(21-19(22)14-4-3-5-15(20)10-14)13-6-7-16-17(11-13)24-9-8-23-16/h3-7,10-12,18H,8-9,20H2,1-2H3,(H,21,22). The summed E-state index contributed by atoms with van der Waals surface area (Å²) in [5.41, 5.74) is 7.88. The molecule has 2 aromatic carbocycles. The second-order valence-electron chi connectivity index (χ2n) is 6.22. The first-order chi connectivity index (χ1) is 11.5. The Hall–Kier alpha value is -2.69. The second-order valence-corrected chi connectivity index (χ2v) is 6.22. The Morgan fingerprint density at radius 2 is 1.83 bits per heavy atom. The molecule has 2 aromatic rings. The minimum Gasteiger partial charge on any atom is -0.486 e. The van der Waals surface area contributed by atoms with Crippen molar-refractivity contribution >= 4 is 11.6 Å². The molecule has 5 nitrogen and oxygen atoms in total. The molecule has 1 amide bonds. The number of hydrogen-bond acceptors (Lipinski definition) is 4. The number of rotatable bonds is 4. The molecule has 1 atom stereocenters. The number of benzene rings is 2. The molecule has 1 heterocycles. The van der Waals surface area contributed by atoms with Crippen molar-refractivity contribution in [3.63, 3.8) is 0 Å². The van der Waals surface area contributed by atoms with Gasteiger partial charge in [0.1, 0.15) is 13.2 Å². The SMILES string of the molecule is CC(C)C(NC(=O)c1cccc(N)c1)c1ccc2c(c1)OCCO2. The van der Waals surface area contributed by atoms with Gasteiger partial charge in [-0.05, 0) is 41.8 Å². The number of amides is 1. The average Bonchev–Trinajstić information content (AvgIpc) is 2.58. The minimum atomic E-state index is -0.143. The zero-order valence-corrected chi connectivity index (χ0v) is 13.9. The zero-order valence-electron chi connectivity index (χ0n) is 13.9. The third kappa shape index (κ3) is 3.45. The van der Waals surface area contributed by atoms with Crippen molar-refractivity contribution in [1.82, 2.24) is 5.32 Å². The predicted octanol–water partition coefficient (Wildman–Crippen LogP) is 3.17. The van der Waals surface area contributed by atoms with E-state index in [0.717, 1.165) is 17.1 Å². The van der Waals surface area contributed by atoms with E-state index in [1.165, 1.54) is 0 Å². The van der Waals surface area contributed by atoms with Crippen LogP contribution in [-0.4, -0.2) is 19.1 Å². The Kier molecular flexibility index (Phi) is 4.60. The van der Waals surface area contributed by atoms with Crippen molar-refractivity contribution < 1.29 is 14.3 Å². The summed E-state index contributed by atoms with van der Waals surface area (Å²) in [7, 11) is 0. The van der Waals surface area contributed by atoms with Gasteiger partial charge in [-0.2, -0.15) is 0 Å². The first-order valence-corrected chi connectivity index (χ1v) is 8.10. The normalized spacial score (nSPS) is 14.3. The fraction of sp³-hybridized carbons (Fsp3) is 0.316. The van der Waals surface area contributed by atoms with Crippen molar-refractivity contribution in [3.05, 3.63) is 53.6 Å². The summed E-state index contributed by atoms with van der Waals surface area (Å²) in [6, 6.07) is 12.7. The molecule has 5 heteroatoms. The maximum absolute atomic E-state index is 12.6. The lowest BCUT2D eigenvalue weighted by molar-refractivity contribution is 0.0925. The summed E-state index contributed by atoms with van der Waals surface area (Å²) in [4.78, 5) is 12.6. The first kappa shape index (κ1) is 16.2. The quantitative estimate of drug-likeness (QED) is 0.847. The van der Waals surface area contributed by atoms with Crippen LogP contribution in [0.25, 0.3) is 0 Å². The van der Waals surface area contributed by atoms with E-state index in [1.54, 1.807) is 24.3 Å². The number of ether oxygens (including phenoxy) is 2. The number of anilines is 1. The number of hydrogen-bond donors (Lipinski definition) is 2. The van der Waals surface area contributed by atoms with Gasteiger partial charge in [0.15, 0.2) is 11.5 Å². The van der Waals surface area contributed by atoms with Crippen LogP contribution in [0.3, 0.4) is 0 Å². The van der Waals surface area contributed by atoms with Gasteiger partial charge in [-0.1, -0.05) is 26.0 Å². The molecule has 0 aromatic heterocycles. The van der Waals surface area contributed by atoms with E-state index in [1.807, 2.05) is 18.2 Å². The number of carbonyl (C=O) groups excluding carboxylic acids is 1. The third-order valence-electron chi connectivity index (χ3n) is 4.03. The lowest BCUT2D eigenvalue weighted by Gasteiger charge is -2.25. The molecule has 3 N–H and O–H groups in total. The smallest absolute Gasteiger partial charge is 0.251 e. The molecule has 3 rings (SSSR count). The summed E-state index contributed by atoms with van der Waals surface area (Å²) in [6.07, 6.45) is 0. The Balaban J connectivity index is 1.83. The molecule has 1 unspecified atom stereocenters. The van der Waals surface area contributed by atoms with Crippen LogP contribution in [0.1, 0.15) is 35.8 Å². The van der Waals surface area contributed by atoms with Gasteiger partial charge in [-0.15, -0.1) is 0 Å². The predicted molar refractivity (Wildman–Crippen MR) is 93.3 cm³/mol. The van der Waals surface area contributed by atoms with Crippen molar-refractivity contribution in [2.24, 2.45) is 5.92 Å². The third-order valence-corrected chi connectivity index (χ3v) is 4.03. The van der Waals surface area contributed by atoms with Crippen LogP contribution in [0.2, 0.25) is 0 Å². The van der Waals surface area contributed by atoms with E-state index >= 15 is 0 Å². The van der Waals surface area contributed by atoms with Crippen LogP contribution in [0.15, 0.2) is 42.5 Å². The van der Waals surface area contributed by atoms with Gasteiger partial charge in [0.25, 0.3) is 5.91 Å². The number of nitrogens with one attached hydrogen (secondary N) is 1. The Labute approximate surface area is 141 Å². The monoisotopic (exact) mass is 326 g/mol. The summed E-state index contributed by atoms with van der Waals surface area (Å²) < 4.78 is 11.2. The highest BCUT2D eigenvalue weighted by atomic mass is 16.6. The first-order valence-electron chi connectivity index (χ1n) is 8.10. The highest BCUT2D eigenvalue weighted by Gasteiger charge is 2.22. The van der Waals surface area contributed by atoms with E-state index in [4.69, 9.17) is 15.2 Å². The maximum Gasteiger partial charge on any atom is 0.251 e. The van der Waals surface area contributed by atoms with Gasteiger partial charge in [0.05, 0.1) is 6.04 Å². The molecule has 0 saturated heterocycles. The molecule has 0 spiro atoms. The average molecular weight is 326 g/mol. The van der Waals surface area contributed by atoms with Gasteiger partial charge in [-0.3, -0.25) is 4.79 Å². The van der Waals surface area contributed by atoms with Crippen LogP contribution in [0.4, 0.5) is 5.69 Å². The largest absolute Gasteiger partial charge is 0.486 e. The molecule has 24 heavy (non-hydrogen) atoms. The van der Waals surface area contributed by atoms with Gasteiger partial charge < -0.3 is 20.5 Å². The molecular formula is C19H22N2O3. The van der Waals surface area contributed by atoms with Crippen molar-refractivity contribution in [2.75, 3.05) is 18.9 Å². The number of fused-ring (bicyclic) bond motifs is 1. The highest BCUT2D eigenvalue weighted by molar-refractivity contribution is 5.95. The lowest BCUT2D eigenvalue weighted by atomic mass is 9.95. The number of nitrogen functional groups attached to an aromatic ring is 1. The molecule has 126 valence electrons. The molecule has 1 aliphatic rings. The Bertz CT molecular complexity index is 743. The Morgan fingerprint density at radius 1 is 1.08 bits per heavy atom. The van der Waals surface area contributed by atoms with Crippen LogP contribution < -0.4 is 20.5 Å². The summed E-state index contributed by atoms with van der Waals surface area (Å²) in [5, 5.41) is 3.09. The molecule has 1 aliphatic heterocycles. The van der Waals surface area contributed by atoms with Crippen molar-refractivity contribution in [1.29, 1.82) is 0 Å². The summed E-state index contributed by atoms with van der Waals surface area (Å²) in [5.74, 6) is 1.55. The van der Waals surface area contributed by atoms with Gasteiger partial charge >= 0.3 is 0 Å². The molecule has 0 bridgehead atoms.